The van der Waals surface area contributed by atoms with E-state index in [9.17, 15) is 19.3 Å². The fraction of sp³-hybridized carbons (Fsp3) is 0.296. The first-order valence-corrected chi connectivity index (χ1v) is 11.8. The quantitative estimate of drug-likeness (QED) is 0.437. The molecule has 3 aliphatic rings. The molecule has 4 atom stereocenters. The number of benzene rings is 3. The Hall–Kier alpha value is -3.78. The van der Waals surface area contributed by atoms with E-state index < -0.39 is 17.5 Å². The highest BCUT2D eigenvalue weighted by Crippen LogP contribution is 2.58. The van der Waals surface area contributed by atoms with Gasteiger partial charge in [0.2, 0.25) is 0 Å². The number of carbonyl (C=O) groups is 1. The molecule has 1 amide bonds. The van der Waals surface area contributed by atoms with Crippen molar-refractivity contribution in [2.45, 2.75) is 43.0 Å². The van der Waals surface area contributed by atoms with E-state index in [0.29, 0.717) is 29.1 Å². The van der Waals surface area contributed by atoms with Gasteiger partial charge in [-0.2, -0.15) is 0 Å². The Labute approximate surface area is 201 Å². The topological polar surface area (TPSA) is 84.7 Å². The molecular weight excluding hydrogens is 449 g/mol. The lowest BCUT2D eigenvalue weighted by molar-refractivity contribution is -0.534. The van der Waals surface area contributed by atoms with Gasteiger partial charge in [0.05, 0.1) is 5.92 Å². The maximum Gasteiger partial charge on any atom is 0.256 e. The molecule has 1 spiro atoms. The Kier molecular flexibility index (Phi) is 5.07. The second-order valence-electron chi connectivity index (χ2n) is 9.37. The number of carbonyl (C=O) groups excluding carboxylic acids is 1. The predicted molar refractivity (Wildman–Crippen MR) is 127 cm³/mol. The molecule has 0 radical (unpaired) electrons. The number of ether oxygens (including phenoxy) is 1. The zero-order valence-electron chi connectivity index (χ0n) is 18.9. The average molecular weight is 474 g/mol. The Morgan fingerprint density at radius 2 is 1.83 bits per heavy atom. The fourth-order valence-corrected chi connectivity index (χ4v) is 6.34. The molecule has 0 bridgehead atoms. The zero-order chi connectivity index (χ0) is 24.2. The SMILES string of the molecule is O=C1Nc2ccccc2[C@]12[C@H]([N+](=O)[O-])[C@@H](c1ccc(OCc3ccccc3F)cc1)[C@H]1CCCN12. The summed E-state index contributed by atoms with van der Waals surface area (Å²) in [6.45, 7) is 0.723. The van der Waals surface area contributed by atoms with Gasteiger partial charge in [0.25, 0.3) is 11.9 Å². The number of amides is 1. The van der Waals surface area contributed by atoms with Crippen molar-refractivity contribution < 1.29 is 18.8 Å². The van der Waals surface area contributed by atoms with Gasteiger partial charge >= 0.3 is 0 Å². The van der Waals surface area contributed by atoms with Crippen LogP contribution in [0.25, 0.3) is 0 Å². The molecule has 0 saturated carbocycles. The van der Waals surface area contributed by atoms with Crippen LogP contribution in [0, 0.1) is 15.9 Å². The molecule has 3 aliphatic heterocycles. The molecule has 0 aliphatic carbocycles. The number of halogens is 1. The van der Waals surface area contributed by atoms with E-state index >= 15 is 0 Å². The Morgan fingerprint density at radius 3 is 2.60 bits per heavy atom. The minimum Gasteiger partial charge on any atom is -0.489 e. The molecule has 2 saturated heterocycles. The van der Waals surface area contributed by atoms with E-state index in [0.717, 1.165) is 18.4 Å². The Morgan fingerprint density at radius 1 is 1.09 bits per heavy atom. The van der Waals surface area contributed by atoms with E-state index in [2.05, 4.69) is 10.2 Å². The van der Waals surface area contributed by atoms with E-state index in [1.54, 1.807) is 36.4 Å². The summed E-state index contributed by atoms with van der Waals surface area (Å²) in [5.74, 6) is -0.551. The van der Waals surface area contributed by atoms with Gasteiger partial charge in [-0.05, 0) is 42.7 Å². The van der Waals surface area contributed by atoms with Crippen LogP contribution in [0.1, 0.15) is 35.4 Å². The van der Waals surface area contributed by atoms with E-state index in [1.165, 1.54) is 6.07 Å². The highest BCUT2D eigenvalue weighted by atomic mass is 19.1. The number of nitrogens with zero attached hydrogens (tertiary/aromatic N) is 2. The molecule has 1 N–H and O–H groups in total. The van der Waals surface area contributed by atoms with Gasteiger partial charge in [-0.15, -0.1) is 0 Å². The molecule has 3 aromatic rings. The van der Waals surface area contributed by atoms with Crippen LogP contribution in [0.15, 0.2) is 72.8 Å². The first-order chi connectivity index (χ1) is 17.0. The van der Waals surface area contributed by atoms with Crippen LogP contribution in [0.2, 0.25) is 0 Å². The van der Waals surface area contributed by atoms with E-state index in [-0.39, 0.29) is 29.3 Å². The molecule has 7 nitrogen and oxygen atoms in total. The second-order valence-corrected chi connectivity index (χ2v) is 9.37. The summed E-state index contributed by atoms with van der Waals surface area (Å²) >= 11 is 0. The van der Waals surface area contributed by atoms with Crippen LogP contribution >= 0.6 is 0 Å². The van der Waals surface area contributed by atoms with Crippen LogP contribution in [-0.2, 0) is 16.9 Å². The number of hydrogen-bond acceptors (Lipinski definition) is 5. The van der Waals surface area contributed by atoms with Crippen molar-refractivity contribution in [3.63, 3.8) is 0 Å². The molecule has 0 aromatic heterocycles. The number of hydrogen-bond donors (Lipinski definition) is 1. The van der Waals surface area contributed by atoms with Crippen molar-refractivity contribution in [1.82, 2.24) is 4.90 Å². The highest BCUT2D eigenvalue weighted by molar-refractivity contribution is 6.07. The van der Waals surface area contributed by atoms with Crippen LogP contribution in [0.5, 0.6) is 5.75 Å². The third-order valence-electron chi connectivity index (χ3n) is 7.71. The lowest BCUT2D eigenvalue weighted by Gasteiger charge is -2.32. The van der Waals surface area contributed by atoms with E-state index in [4.69, 9.17) is 4.74 Å². The molecular formula is C27H24FN3O4. The third kappa shape index (κ3) is 3.16. The second kappa shape index (κ2) is 8.16. The number of para-hydroxylation sites is 1. The molecule has 35 heavy (non-hydrogen) atoms. The molecule has 6 rings (SSSR count). The maximum absolute atomic E-state index is 13.9. The number of anilines is 1. The monoisotopic (exact) mass is 473 g/mol. The maximum atomic E-state index is 13.9. The molecule has 178 valence electrons. The molecule has 3 aromatic carbocycles. The van der Waals surface area contributed by atoms with Gasteiger partial charge in [-0.1, -0.05) is 48.5 Å². The van der Waals surface area contributed by atoms with Gasteiger partial charge in [-0.25, -0.2) is 4.39 Å². The first-order valence-electron chi connectivity index (χ1n) is 11.8. The lowest BCUT2D eigenvalue weighted by Crippen LogP contribution is -2.55. The summed E-state index contributed by atoms with van der Waals surface area (Å²) < 4.78 is 19.7. The van der Waals surface area contributed by atoms with Crippen molar-refractivity contribution in [2.75, 3.05) is 11.9 Å². The largest absolute Gasteiger partial charge is 0.489 e. The average Bonchev–Trinajstić information content (AvgIpc) is 3.52. The van der Waals surface area contributed by atoms with Crippen molar-refractivity contribution in [3.05, 3.63) is 105 Å². The minimum absolute atomic E-state index is 0.0867. The zero-order valence-corrected chi connectivity index (χ0v) is 18.9. The predicted octanol–water partition coefficient (Wildman–Crippen LogP) is 4.46. The summed E-state index contributed by atoms with van der Waals surface area (Å²) in [4.78, 5) is 27.9. The third-order valence-corrected chi connectivity index (χ3v) is 7.71. The molecule has 2 fully saturated rings. The Balaban J connectivity index is 1.35. The van der Waals surface area contributed by atoms with Crippen LogP contribution < -0.4 is 10.1 Å². The normalized spacial score (nSPS) is 27.0. The molecule has 8 heteroatoms. The molecule has 0 unspecified atom stereocenters. The summed E-state index contributed by atoms with van der Waals surface area (Å²) in [6.07, 6.45) is 1.67. The van der Waals surface area contributed by atoms with E-state index in [1.807, 2.05) is 30.3 Å². The number of nitro groups is 1. The summed E-state index contributed by atoms with van der Waals surface area (Å²) in [5.41, 5.74) is 1.26. The van der Waals surface area contributed by atoms with Gasteiger partial charge < -0.3 is 10.1 Å². The van der Waals surface area contributed by atoms with Crippen LogP contribution in [-0.4, -0.2) is 34.4 Å². The summed E-state index contributed by atoms with van der Waals surface area (Å²) in [7, 11) is 0. The molecule has 3 heterocycles. The van der Waals surface area contributed by atoms with Crippen molar-refractivity contribution >= 4 is 11.6 Å². The Bertz CT molecular complexity index is 1310. The summed E-state index contributed by atoms with van der Waals surface area (Å²) in [5, 5.41) is 15.5. The van der Waals surface area contributed by atoms with Crippen molar-refractivity contribution in [2.24, 2.45) is 0 Å². The van der Waals surface area contributed by atoms with Crippen LogP contribution in [0.4, 0.5) is 10.1 Å². The standard InChI is InChI=1S/C27H24FN3O4/c28-21-8-3-1-6-18(21)16-35-19-13-11-17(12-14-19)24-23-10-5-15-30(23)27(25(24)31(33)34)20-7-2-4-9-22(20)29-26(27)32/h1-4,6-9,11-14,23-25H,5,10,15-16H2,(H,29,32)/t23-,24+,25-,27+/m1/s1. The summed E-state index contributed by atoms with van der Waals surface area (Å²) in [6, 6.07) is 19.7. The fourth-order valence-electron chi connectivity index (χ4n) is 6.34. The number of nitrogens with one attached hydrogen (secondary N) is 1. The van der Waals surface area contributed by atoms with Gasteiger partial charge in [0.15, 0.2) is 5.54 Å². The van der Waals surface area contributed by atoms with Crippen molar-refractivity contribution in [1.29, 1.82) is 0 Å². The smallest absolute Gasteiger partial charge is 0.256 e. The lowest BCUT2D eigenvalue weighted by atomic mass is 9.77. The number of fused-ring (bicyclic) bond motifs is 4. The van der Waals surface area contributed by atoms with Crippen LogP contribution in [0.3, 0.4) is 0 Å². The highest BCUT2D eigenvalue weighted by Gasteiger charge is 2.73. The van der Waals surface area contributed by atoms with Gasteiger partial charge in [-0.3, -0.25) is 19.8 Å². The van der Waals surface area contributed by atoms with Gasteiger partial charge in [0, 0.05) is 34.3 Å². The minimum atomic E-state index is -1.33. The first kappa shape index (κ1) is 21.7. The van der Waals surface area contributed by atoms with Crippen molar-refractivity contribution in [3.8, 4) is 5.75 Å². The van der Waals surface area contributed by atoms with Gasteiger partial charge in [0.1, 0.15) is 18.2 Å². The number of rotatable bonds is 5.